The number of fused-ring (bicyclic) bond motifs is 9. The van der Waals surface area contributed by atoms with E-state index in [-0.39, 0.29) is 0 Å². The van der Waals surface area contributed by atoms with Crippen LogP contribution in [-0.2, 0) is 0 Å². The van der Waals surface area contributed by atoms with Crippen LogP contribution in [0.15, 0.2) is 218 Å². The van der Waals surface area contributed by atoms with Gasteiger partial charge in [-0.25, -0.2) is 4.98 Å². The predicted octanol–water partition coefficient (Wildman–Crippen LogP) is 15.5. The highest BCUT2D eigenvalue weighted by atomic mass is 15.0. The van der Waals surface area contributed by atoms with Crippen LogP contribution in [0, 0.1) is 0 Å². The highest BCUT2D eigenvalue weighted by Crippen LogP contribution is 2.44. The van der Waals surface area contributed by atoms with Gasteiger partial charge in [-0.15, -0.1) is 0 Å². The standard InChI is InChI=1S/C57H36N2/c1-3-13-40(14-4-1)56-51-32-33-53-55(49-18-9-10-21-52(49)59(53)47-16-5-2-6-17-47)54(51)50-20-11-19-48(57(50)58-56)39-25-22-38(23-26-39)42-28-29-45-36-46(31-30-44(45)35-42)43-27-24-37-12-7-8-15-41(37)34-43/h1-36H. The van der Waals surface area contributed by atoms with Crippen LogP contribution in [0.4, 0.5) is 0 Å². The first-order valence-electron chi connectivity index (χ1n) is 20.3. The fourth-order valence-electron chi connectivity index (χ4n) is 9.30. The van der Waals surface area contributed by atoms with Crippen molar-refractivity contribution >= 4 is 65.0 Å². The average molecular weight is 749 g/mol. The molecule has 2 heteroatoms. The maximum absolute atomic E-state index is 5.55. The van der Waals surface area contributed by atoms with E-state index in [4.69, 9.17) is 4.98 Å². The van der Waals surface area contributed by atoms with Crippen molar-refractivity contribution in [2.24, 2.45) is 0 Å². The molecule has 0 aliphatic heterocycles. The average Bonchev–Trinajstić information content (AvgIpc) is 3.66. The number of hydrogen-bond acceptors (Lipinski definition) is 1. The van der Waals surface area contributed by atoms with Crippen molar-refractivity contribution in [1.82, 2.24) is 9.55 Å². The zero-order valence-electron chi connectivity index (χ0n) is 32.2. The fraction of sp³-hybridized carbons (Fsp3) is 0. The smallest absolute Gasteiger partial charge is 0.0794 e. The molecule has 12 aromatic rings. The molecule has 0 aliphatic carbocycles. The van der Waals surface area contributed by atoms with Gasteiger partial charge in [-0.1, -0.05) is 176 Å². The zero-order chi connectivity index (χ0) is 38.9. The molecule has 10 aromatic carbocycles. The first-order valence-corrected chi connectivity index (χ1v) is 20.3. The second kappa shape index (κ2) is 13.4. The highest BCUT2D eigenvalue weighted by molar-refractivity contribution is 6.30. The van der Waals surface area contributed by atoms with Crippen LogP contribution in [0.1, 0.15) is 0 Å². The van der Waals surface area contributed by atoms with Gasteiger partial charge in [0, 0.05) is 43.7 Å². The number of aromatic nitrogens is 2. The van der Waals surface area contributed by atoms with E-state index >= 15 is 0 Å². The van der Waals surface area contributed by atoms with Gasteiger partial charge in [0.05, 0.1) is 22.2 Å². The molecule has 274 valence electrons. The van der Waals surface area contributed by atoms with Gasteiger partial charge >= 0.3 is 0 Å². The molecule has 0 amide bonds. The minimum atomic E-state index is 0.996. The summed E-state index contributed by atoms with van der Waals surface area (Å²) >= 11 is 0. The molecule has 0 saturated carbocycles. The maximum atomic E-state index is 5.55. The summed E-state index contributed by atoms with van der Waals surface area (Å²) in [7, 11) is 0. The number of nitrogens with zero attached hydrogens (tertiary/aromatic N) is 2. The number of para-hydroxylation sites is 3. The first kappa shape index (κ1) is 33.3. The van der Waals surface area contributed by atoms with Crippen LogP contribution in [0.3, 0.4) is 0 Å². The van der Waals surface area contributed by atoms with E-state index in [1.165, 1.54) is 71.0 Å². The Balaban J connectivity index is 0.995. The van der Waals surface area contributed by atoms with Crippen LogP contribution in [0.5, 0.6) is 0 Å². The van der Waals surface area contributed by atoms with E-state index in [2.05, 4.69) is 223 Å². The Bertz CT molecular complexity index is 3580. The zero-order valence-corrected chi connectivity index (χ0v) is 32.2. The first-order chi connectivity index (χ1) is 29.2. The Morgan fingerprint density at radius 3 is 1.61 bits per heavy atom. The maximum Gasteiger partial charge on any atom is 0.0794 e. The van der Waals surface area contributed by atoms with E-state index in [1.54, 1.807) is 0 Å². The molecule has 0 N–H and O–H groups in total. The lowest BCUT2D eigenvalue weighted by Crippen LogP contribution is -1.95. The highest BCUT2D eigenvalue weighted by Gasteiger charge is 2.20. The van der Waals surface area contributed by atoms with Gasteiger partial charge in [0.25, 0.3) is 0 Å². The lowest BCUT2D eigenvalue weighted by molar-refractivity contribution is 1.18. The molecule has 0 fully saturated rings. The van der Waals surface area contributed by atoms with Crippen molar-refractivity contribution < 1.29 is 0 Å². The van der Waals surface area contributed by atoms with E-state index in [9.17, 15) is 0 Å². The Hall–Kier alpha value is -7.81. The molecule has 0 radical (unpaired) electrons. The van der Waals surface area contributed by atoms with E-state index in [0.29, 0.717) is 0 Å². The topological polar surface area (TPSA) is 17.8 Å². The van der Waals surface area contributed by atoms with Crippen LogP contribution in [-0.4, -0.2) is 9.55 Å². The van der Waals surface area contributed by atoms with Crippen LogP contribution >= 0.6 is 0 Å². The third-order valence-electron chi connectivity index (χ3n) is 12.1. The third kappa shape index (κ3) is 5.45. The summed E-state index contributed by atoms with van der Waals surface area (Å²) in [5.74, 6) is 0. The minimum absolute atomic E-state index is 0.996. The molecule has 2 heterocycles. The van der Waals surface area contributed by atoms with Crippen LogP contribution in [0.2, 0.25) is 0 Å². The van der Waals surface area contributed by atoms with Gasteiger partial charge in [0.2, 0.25) is 0 Å². The van der Waals surface area contributed by atoms with E-state index in [0.717, 1.165) is 44.4 Å². The predicted molar refractivity (Wildman–Crippen MR) is 250 cm³/mol. The van der Waals surface area contributed by atoms with Gasteiger partial charge in [-0.3, -0.25) is 0 Å². The summed E-state index contributed by atoms with van der Waals surface area (Å²) < 4.78 is 2.40. The molecule has 0 saturated heterocycles. The molecule has 0 unspecified atom stereocenters. The van der Waals surface area contributed by atoms with Crippen molar-refractivity contribution in [1.29, 1.82) is 0 Å². The summed E-state index contributed by atoms with van der Waals surface area (Å²) in [6, 6.07) is 79.3. The Morgan fingerprint density at radius 1 is 0.305 bits per heavy atom. The van der Waals surface area contributed by atoms with Gasteiger partial charge in [-0.2, -0.15) is 0 Å². The molecule has 0 spiro atoms. The third-order valence-corrected chi connectivity index (χ3v) is 12.1. The van der Waals surface area contributed by atoms with Crippen molar-refractivity contribution in [3.05, 3.63) is 218 Å². The molecule has 0 atom stereocenters. The van der Waals surface area contributed by atoms with E-state index < -0.39 is 0 Å². The molecule has 0 bridgehead atoms. The van der Waals surface area contributed by atoms with Gasteiger partial charge in [-0.05, 0) is 91.8 Å². The monoisotopic (exact) mass is 748 g/mol. The Morgan fingerprint density at radius 2 is 0.864 bits per heavy atom. The second-order valence-corrected chi connectivity index (χ2v) is 15.5. The van der Waals surface area contributed by atoms with Gasteiger partial charge < -0.3 is 4.57 Å². The van der Waals surface area contributed by atoms with E-state index in [1.807, 2.05) is 0 Å². The van der Waals surface area contributed by atoms with Crippen LogP contribution in [0.25, 0.3) is 115 Å². The van der Waals surface area contributed by atoms with Crippen molar-refractivity contribution in [2.75, 3.05) is 0 Å². The van der Waals surface area contributed by atoms with Crippen molar-refractivity contribution in [3.8, 4) is 50.3 Å². The Labute approximate surface area is 341 Å². The molecule has 12 rings (SSSR count). The molecule has 59 heavy (non-hydrogen) atoms. The minimum Gasteiger partial charge on any atom is -0.309 e. The molecular formula is C57H36N2. The Kier molecular flexibility index (Phi) is 7.57. The second-order valence-electron chi connectivity index (χ2n) is 15.5. The number of benzene rings is 10. The molecule has 0 aliphatic rings. The summed E-state index contributed by atoms with van der Waals surface area (Å²) in [5.41, 5.74) is 13.8. The number of rotatable bonds is 5. The quantitative estimate of drug-likeness (QED) is 0.160. The van der Waals surface area contributed by atoms with Gasteiger partial charge in [0.1, 0.15) is 0 Å². The number of hydrogen-bond donors (Lipinski definition) is 0. The normalized spacial score (nSPS) is 11.7. The SMILES string of the molecule is c1ccc(-c2nc3c(-c4ccc(-c5ccc6cc(-c7ccc8ccccc8c7)ccc6c5)cc4)cccc3c3c2ccc2c3c3ccccc3n2-c2ccccc2)cc1. The molecular weight excluding hydrogens is 713 g/mol. The fourth-order valence-corrected chi connectivity index (χ4v) is 9.30. The summed E-state index contributed by atoms with van der Waals surface area (Å²) in [6.45, 7) is 0. The summed E-state index contributed by atoms with van der Waals surface area (Å²) in [5, 5.41) is 11.0. The van der Waals surface area contributed by atoms with Crippen molar-refractivity contribution in [2.45, 2.75) is 0 Å². The lowest BCUT2D eigenvalue weighted by atomic mass is 9.92. The molecule has 2 aromatic heterocycles. The summed E-state index contributed by atoms with van der Waals surface area (Å²) in [6.07, 6.45) is 0. The van der Waals surface area contributed by atoms with Crippen molar-refractivity contribution in [3.63, 3.8) is 0 Å². The number of pyridine rings is 1. The lowest BCUT2D eigenvalue weighted by Gasteiger charge is -2.15. The van der Waals surface area contributed by atoms with Crippen LogP contribution < -0.4 is 0 Å². The summed E-state index contributed by atoms with van der Waals surface area (Å²) in [4.78, 5) is 5.55. The van der Waals surface area contributed by atoms with Gasteiger partial charge in [0.15, 0.2) is 0 Å². The molecule has 2 nitrogen and oxygen atoms in total. The largest absolute Gasteiger partial charge is 0.309 e.